The second-order valence-electron chi connectivity index (χ2n) is 4.01. The van der Waals surface area contributed by atoms with Crippen LogP contribution < -0.4 is 5.32 Å². The zero-order chi connectivity index (χ0) is 12.2. The van der Waals surface area contributed by atoms with Gasteiger partial charge in [0, 0.05) is 16.5 Å². The van der Waals surface area contributed by atoms with Crippen molar-refractivity contribution in [3.63, 3.8) is 0 Å². The van der Waals surface area contributed by atoms with Crippen molar-refractivity contribution in [2.24, 2.45) is 0 Å². The smallest absolute Gasteiger partial charge is 0.251 e. The first-order valence-corrected chi connectivity index (χ1v) is 6.06. The van der Waals surface area contributed by atoms with Gasteiger partial charge in [-0.15, -0.1) is 11.6 Å². The fourth-order valence-corrected chi connectivity index (χ4v) is 1.64. The van der Waals surface area contributed by atoms with E-state index >= 15 is 0 Å². The molecule has 1 atom stereocenters. The van der Waals surface area contributed by atoms with Crippen molar-refractivity contribution in [1.29, 1.82) is 0 Å². The maximum Gasteiger partial charge on any atom is 0.251 e. The van der Waals surface area contributed by atoms with Crippen LogP contribution in [0.4, 0.5) is 0 Å². The van der Waals surface area contributed by atoms with Crippen molar-refractivity contribution in [1.82, 2.24) is 5.32 Å². The molecule has 0 heterocycles. The van der Waals surface area contributed by atoms with Crippen LogP contribution >= 0.6 is 23.2 Å². The molecule has 1 amide bonds. The number of hydrogen-bond acceptors (Lipinski definition) is 1. The second kappa shape index (κ2) is 5.55. The summed E-state index contributed by atoms with van der Waals surface area (Å²) in [4.78, 5) is 11.9. The molecule has 1 aromatic carbocycles. The van der Waals surface area contributed by atoms with Crippen molar-refractivity contribution in [3.8, 4) is 0 Å². The highest BCUT2D eigenvalue weighted by Gasteiger charge is 2.23. The number of carbonyl (C=O) groups is 1. The Kier molecular flexibility index (Phi) is 4.63. The molecule has 1 aromatic rings. The van der Waals surface area contributed by atoms with E-state index < -0.39 is 0 Å². The van der Waals surface area contributed by atoms with Crippen LogP contribution in [0.15, 0.2) is 24.3 Å². The quantitative estimate of drug-likeness (QED) is 0.825. The molecule has 88 valence electrons. The standard InChI is InChI=1S/C12H15Cl2NO/c1-3-12(2,8-13)15-11(16)9-5-4-6-10(14)7-9/h4-7H,3,8H2,1-2H3,(H,15,16). The first-order chi connectivity index (χ1) is 7.50. The van der Waals surface area contributed by atoms with E-state index in [1.165, 1.54) is 0 Å². The minimum Gasteiger partial charge on any atom is -0.346 e. The van der Waals surface area contributed by atoms with Crippen LogP contribution in [-0.4, -0.2) is 17.3 Å². The zero-order valence-corrected chi connectivity index (χ0v) is 10.9. The Morgan fingerprint density at radius 2 is 2.19 bits per heavy atom. The van der Waals surface area contributed by atoms with E-state index in [1.807, 2.05) is 13.8 Å². The van der Waals surface area contributed by atoms with Gasteiger partial charge in [-0.05, 0) is 31.5 Å². The number of halogens is 2. The lowest BCUT2D eigenvalue weighted by atomic mass is 10.0. The van der Waals surface area contributed by atoms with Gasteiger partial charge in [-0.2, -0.15) is 0 Å². The number of amides is 1. The molecule has 1 N–H and O–H groups in total. The number of nitrogens with one attached hydrogen (secondary N) is 1. The third kappa shape index (κ3) is 3.39. The highest BCUT2D eigenvalue weighted by Crippen LogP contribution is 2.15. The Hall–Kier alpha value is -0.730. The van der Waals surface area contributed by atoms with E-state index in [0.717, 1.165) is 6.42 Å². The van der Waals surface area contributed by atoms with Crippen molar-refractivity contribution in [3.05, 3.63) is 34.9 Å². The fourth-order valence-electron chi connectivity index (χ4n) is 1.19. The lowest BCUT2D eigenvalue weighted by Crippen LogP contribution is -2.47. The van der Waals surface area contributed by atoms with Crippen LogP contribution in [0.2, 0.25) is 5.02 Å². The van der Waals surface area contributed by atoms with Crippen LogP contribution in [0.5, 0.6) is 0 Å². The van der Waals surface area contributed by atoms with E-state index in [9.17, 15) is 4.79 Å². The van der Waals surface area contributed by atoms with Gasteiger partial charge in [0.15, 0.2) is 0 Å². The van der Waals surface area contributed by atoms with E-state index in [0.29, 0.717) is 16.5 Å². The molecule has 0 aliphatic carbocycles. The van der Waals surface area contributed by atoms with Gasteiger partial charge < -0.3 is 5.32 Å². The van der Waals surface area contributed by atoms with Gasteiger partial charge in [0.2, 0.25) is 0 Å². The predicted molar refractivity (Wildman–Crippen MR) is 68.3 cm³/mol. The minimum atomic E-state index is -0.374. The molecular formula is C12H15Cl2NO. The van der Waals surface area contributed by atoms with E-state index in [4.69, 9.17) is 23.2 Å². The average molecular weight is 260 g/mol. The minimum absolute atomic E-state index is 0.146. The first kappa shape index (κ1) is 13.3. The third-order valence-corrected chi connectivity index (χ3v) is 3.40. The molecule has 0 aliphatic heterocycles. The summed E-state index contributed by atoms with van der Waals surface area (Å²) in [5, 5.41) is 3.46. The van der Waals surface area contributed by atoms with Crippen LogP contribution in [0.3, 0.4) is 0 Å². The molecule has 2 nitrogen and oxygen atoms in total. The molecule has 0 bridgehead atoms. The predicted octanol–water partition coefficient (Wildman–Crippen LogP) is 3.48. The average Bonchev–Trinajstić information content (AvgIpc) is 2.29. The van der Waals surface area contributed by atoms with Gasteiger partial charge in [-0.3, -0.25) is 4.79 Å². The number of carbonyl (C=O) groups excluding carboxylic acids is 1. The molecule has 4 heteroatoms. The fraction of sp³-hybridized carbons (Fsp3) is 0.417. The number of alkyl halides is 1. The molecule has 0 radical (unpaired) electrons. The highest BCUT2D eigenvalue weighted by molar-refractivity contribution is 6.31. The maximum absolute atomic E-state index is 11.9. The van der Waals surface area contributed by atoms with Crippen molar-refractivity contribution in [2.75, 3.05) is 5.88 Å². The van der Waals surface area contributed by atoms with Gasteiger partial charge in [0.1, 0.15) is 0 Å². The Bertz CT molecular complexity index is 375. The van der Waals surface area contributed by atoms with Gasteiger partial charge in [-0.1, -0.05) is 24.6 Å². The van der Waals surface area contributed by atoms with Gasteiger partial charge >= 0.3 is 0 Å². The van der Waals surface area contributed by atoms with E-state index in [2.05, 4.69) is 5.32 Å². The summed E-state index contributed by atoms with van der Waals surface area (Å²) in [6.07, 6.45) is 0.781. The second-order valence-corrected chi connectivity index (χ2v) is 4.72. The van der Waals surface area contributed by atoms with E-state index in [1.54, 1.807) is 24.3 Å². The molecule has 16 heavy (non-hydrogen) atoms. The zero-order valence-electron chi connectivity index (χ0n) is 9.39. The molecule has 0 fully saturated rings. The summed E-state index contributed by atoms with van der Waals surface area (Å²) in [6, 6.07) is 6.85. The Labute approximate surface area is 106 Å². The normalized spacial score (nSPS) is 14.2. The molecule has 0 spiro atoms. The summed E-state index contributed by atoms with van der Waals surface area (Å²) in [6.45, 7) is 3.91. The summed E-state index contributed by atoms with van der Waals surface area (Å²) in [5.41, 5.74) is 0.179. The molecular weight excluding hydrogens is 245 g/mol. The Morgan fingerprint density at radius 1 is 1.50 bits per heavy atom. The van der Waals surface area contributed by atoms with Gasteiger partial charge in [0.25, 0.3) is 5.91 Å². The molecule has 1 rings (SSSR count). The van der Waals surface area contributed by atoms with Crippen molar-refractivity contribution >= 4 is 29.1 Å². The van der Waals surface area contributed by atoms with Gasteiger partial charge in [-0.25, -0.2) is 0 Å². The third-order valence-electron chi connectivity index (χ3n) is 2.58. The SMILES string of the molecule is CCC(C)(CCl)NC(=O)c1cccc(Cl)c1. The summed E-state index contributed by atoms with van der Waals surface area (Å²) in [7, 11) is 0. The number of hydrogen-bond donors (Lipinski definition) is 1. The number of benzene rings is 1. The molecule has 0 aromatic heterocycles. The van der Waals surface area contributed by atoms with Crippen LogP contribution in [0.25, 0.3) is 0 Å². The molecule has 0 saturated heterocycles. The van der Waals surface area contributed by atoms with Crippen LogP contribution in [0, 0.1) is 0 Å². The largest absolute Gasteiger partial charge is 0.346 e. The highest BCUT2D eigenvalue weighted by atomic mass is 35.5. The Morgan fingerprint density at radius 3 is 2.69 bits per heavy atom. The summed E-state index contributed by atoms with van der Waals surface area (Å²) < 4.78 is 0. The van der Waals surface area contributed by atoms with Crippen molar-refractivity contribution < 1.29 is 4.79 Å². The molecule has 0 aliphatic rings. The van der Waals surface area contributed by atoms with Crippen molar-refractivity contribution in [2.45, 2.75) is 25.8 Å². The monoisotopic (exact) mass is 259 g/mol. The molecule has 1 unspecified atom stereocenters. The topological polar surface area (TPSA) is 29.1 Å². The maximum atomic E-state index is 11.9. The summed E-state index contributed by atoms with van der Waals surface area (Å²) >= 11 is 11.7. The number of rotatable bonds is 4. The first-order valence-electron chi connectivity index (χ1n) is 5.15. The molecule has 0 saturated carbocycles. The van der Waals surface area contributed by atoms with Crippen LogP contribution in [0.1, 0.15) is 30.6 Å². The Balaban J connectivity index is 2.80. The lowest BCUT2D eigenvalue weighted by Gasteiger charge is -2.27. The summed E-state index contributed by atoms with van der Waals surface area (Å²) in [5.74, 6) is 0.239. The van der Waals surface area contributed by atoms with Gasteiger partial charge in [0.05, 0.1) is 5.54 Å². The lowest BCUT2D eigenvalue weighted by molar-refractivity contribution is 0.0912. The van der Waals surface area contributed by atoms with Crippen LogP contribution in [-0.2, 0) is 0 Å². The van der Waals surface area contributed by atoms with E-state index in [-0.39, 0.29) is 11.4 Å².